The molecule has 7 amide bonds. The quantitative estimate of drug-likeness (QED) is 0.0341. The molecule has 2 unspecified atom stereocenters. The van der Waals surface area contributed by atoms with Crippen LogP contribution in [-0.2, 0) is 74.8 Å². The first-order valence-corrected chi connectivity index (χ1v) is 24.0. The summed E-state index contributed by atoms with van der Waals surface area (Å²) in [7, 11) is 0. The molecule has 0 bridgehead atoms. The van der Waals surface area contributed by atoms with Crippen LogP contribution in [0.15, 0.2) is 65.5 Å². The number of nitrogens with two attached hydrogens (primary N) is 1. The van der Waals surface area contributed by atoms with Crippen LogP contribution in [0.1, 0.15) is 100 Å². The van der Waals surface area contributed by atoms with Gasteiger partial charge in [-0.25, -0.2) is 19.4 Å². The highest BCUT2D eigenvalue weighted by Crippen LogP contribution is 2.42. The van der Waals surface area contributed by atoms with Crippen LogP contribution < -0.4 is 32.6 Å². The van der Waals surface area contributed by atoms with Crippen molar-refractivity contribution < 1.29 is 57.7 Å². The van der Waals surface area contributed by atoms with E-state index in [-0.39, 0.29) is 99.0 Å². The largest absolute Gasteiger partial charge is 0.510 e. The number of amides is 7. The van der Waals surface area contributed by atoms with Crippen molar-refractivity contribution in [1.29, 1.82) is 0 Å². The molecule has 72 heavy (non-hydrogen) atoms. The summed E-state index contributed by atoms with van der Waals surface area (Å²) >= 11 is 0. The lowest BCUT2D eigenvalue weighted by molar-refractivity contribution is -0.175. The zero-order chi connectivity index (χ0) is 51.9. The van der Waals surface area contributed by atoms with Crippen molar-refractivity contribution in [3.05, 3.63) is 98.9 Å². The Bertz CT molecular complexity index is 2900. The van der Waals surface area contributed by atoms with Crippen LogP contribution in [0.25, 0.3) is 22.3 Å². The van der Waals surface area contributed by atoms with Gasteiger partial charge in [-0.15, -0.1) is 0 Å². The molecule has 3 atom stereocenters. The zero-order valence-corrected chi connectivity index (χ0v) is 40.5. The standard InChI is InChI=1S/C51H58N8O13/c1-5-32-33-23-31(60)17-18-37(33)55-44-34(32)25-59-39(44)24-36-35(47(59)66)27-70-48(67)51(36,6-2)72-50(69)71-26-29-13-15-30(16-14-29)54-45(64)38(11-10-21-53-49(52)68)56-46(65)43(28(3)4)57-40(61)12-8-7-9-22-58-41(62)19-20-42(58)63/h13-20,23-24,28,38,43,60H,5-12,21-22,25-27H2,1-4H3,(H,54,64)(H,56,65)(H,57,61)(H3,52,53,68)/t38?,43?,51-/m0/s1. The highest BCUT2D eigenvalue weighted by Gasteiger charge is 2.51. The molecular formula is C51H58N8O13. The third-order valence-corrected chi connectivity index (χ3v) is 13.0. The molecular weight excluding hydrogens is 933 g/mol. The summed E-state index contributed by atoms with van der Waals surface area (Å²) in [6.45, 7) is 7.01. The number of phenolic OH excluding ortho intramolecular Hbond substituents is 1. The predicted molar refractivity (Wildman–Crippen MR) is 260 cm³/mol. The maximum Gasteiger partial charge on any atom is 0.510 e. The normalized spacial score (nSPS) is 16.3. The Hall–Kier alpha value is -8.10. The van der Waals surface area contributed by atoms with Gasteiger partial charge in [0.15, 0.2) is 0 Å². The number of anilines is 1. The van der Waals surface area contributed by atoms with E-state index in [1.54, 1.807) is 67.8 Å². The topological polar surface area (TPSA) is 297 Å². The van der Waals surface area contributed by atoms with E-state index in [9.17, 15) is 48.3 Å². The second kappa shape index (κ2) is 22.3. The highest BCUT2D eigenvalue weighted by molar-refractivity contribution is 6.12. The fraction of sp³-hybridized carbons (Fsp3) is 0.412. The third-order valence-electron chi connectivity index (χ3n) is 13.0. The number of rotatable bonds is 21. The molecule has 3 aliphatic rings. The number of imide groups is 1. The average Bonchev–Trinajstić information content (AvgIpc) is 3.88. The number of fused-ring (bicyclic) bond motifs is 5. The van der Waals surface area contributed by atoms with E-state index in [4.69, 9.17) is 24.9 Å². The van der Waals surface area contributed by atoms with Gasteiger partial charge in [0, 0.05) is 53.9 Å². The van der Waals surface area contributed by atoms with E-state index < -0.39 is 53.2 Å². The molecule has 0 spiro atoms. The molecule has 0 radical (unpaired) electrons. The van der Waals surface area contributed by atoms with Crippen LogP contribution in [-0.4, -0.2) is 92.4 Å². The Morgan fingerprint density at radius 2 is 1.64 bits per heavy atom. The smallest absolute Gasteiger partial charge is 0.508 e. The third kappa shape index (κ3) is 11.2. The van der Waals surface area contributed by atoms with Gasteiger partial charge in [-0.05, 0) is 92.0 Å². The molecule has 3 aliphatic heterocycles. The first-order valence-electron chi connectivity index (χ1n) is 24.0. The monoisotopic (exact) mass is 990 g/mol. The van der Waals surface area contributed by atoms with Gasteiger partial charge in [-0.1, -0.05) is 46.2 Å². The van der Waals surface area contributed by atoms with E-state index >= 15 is 0 Å². The number of hydrogen-bond acceptors (Lipinski definition) is 14. The molecule has 7 rings (SSSR count). The molecule has 7 N–H and O–H groups in total. The van der Waals surface area contributed by atoms with Gasteiger partial charge in [0.2, 0.25) is 23.3 Å². The van der Waals surface area contributed by atoms with Gasteiger partial charge < -0.3 is 50.9 Å². The molecule has 5 heterocycles. The van der Waals surface area contributed by atoms with Crippen molar-refractivity contribution in [2.24, 2.45) is 11.7 Å². The van der Waals surface area contributed by atoms with Gasteiger partial charge in [-0.3, -0.25) is 33.7 Å². The summed E-state index contributed by atoms with van der Waals surface area (Å²) in [5.74, 6) is -3.47. The fourth-order valence-corrected chi connectivity index (χ4v) is 9.15. The van der Waals surface area contributed by atoms with Crippen molar-refractivity contribution in [2.75, 3.05) is 18.4 Å². The van der Waals surface area contributed by atoms with Crippen LogP contribution in [0.3, 0.4) is 0 Å². The van der Waals surface area contributed by atoms with Gasteiger partial charge in [0.05, 0.1) is 29.0 Å². The predicted octanol–water partition coefficient (Wildman–Crippen LogP) is 4.21. The highest BCUT2D eigenvalue weighted by atomic mass is 16.7. The molecule has 21 heteroatoms. The number of aryl methyl sites for hydroxylation is 1. The van der Waals surface area contributed by atoms with E-state index in [0.29, 0.717) is 53.8 Å². The van der Waals surface area contributed by atoms with Gasteiger partial charge in [-0.2, -0.15) is 0 Å². The number of pyridine rings is 2. The minimum absolute atomic E-state index is 0.0875. The molecule has 0 saturated heterocycles. The number of urea groups is 1. The summed E-state index contributed by atoms with van der Waals surface area (Å²) in [5.41, 5.74) is 7.22. The van der Waals surface area contributed by atoms with E-state index in [1.165, 1.54) is 18.2 Å². The zero-order valence-electron chi connectivity index (χ0n) is 40.5. The number of hydrogen-bond donors (Lipinski definition) is 6. The Balaban J connectivity index is 0.970. The molecule has 21 nitrogen and oxygen atoms in total. The summed E-state index contributed by atoms with van der Waals surface area (Å²) in [4.78, 5) is 122. The van der Waals surface area contributed by atoms with Gasteiger partial charge in [0.1, 0.15) is 31.0 Å². The summed E-state index contributed by atoms with van der Waals surface area (Å²) in [5, 5.41) is 21.7. The van der Waals surface area contributed by atoms with Crippen LogP contribution in [0, 0.1) is 5.92 Å². The van der Waals surface area contributed by atoms with Gasteiger partial charge >= 0.3 is 18.2 Å². The number of unbranched alkanes of at least 4 members (excludes halogenated alkanes) is 2. The molecule has 4 aromatic rings. The Morgan fingerprint density at radius 3 is 2.32 bits per heavy atom. The minimum atomic E-state index is -2.02. The number of carbonyl (C=O) groups is 8. The molecule has 2 aromatic heterocycles. The van der Waals surface area contributed by atoms with Crippen LogP contribution >= 0.6 is 0 Å². The number of aromatic nitrogens is 2. The number of phenols is 1. The average molecular weight is 991 g/mol. The summed E-state index contributed by atoms with van der Waals surface area (Å²) in [6, 6.07) is 9.90. The lowest BCUT2D eigenvalue weighted by Crippen LogP contribution is -2.54. The van der Waals surface area contributed by atoms with Crippen LogP contribution in [0.4, 0.5) is 15.3 Å². The molecule has 0 saturated carbocycles. The molecule has 0 aliphatic carbocycles. The lowest BCUT2D eigenvalue weighted by Gasteiger charge is -2.35. The first kappa shape index (κ1) is 51.7. The molecule has 0 fully saturated rings. The van der Waals surface area contributed by atoms with Gasteiger partial charge in [0.25, 0.3) is 17.4 Å². The summed E-state index contributed by atoms with van der Waals surface area (Å²) in [6.07, 6.45) is 3.69. The number of cyclic esters (lactones) is 1. The van der Waals surface area contributed by atoms with Crippen molar-refractivity contribution in [2.45, 2.75) is 117 Å². The van der Waals surface area contributed by atoms with Crippen LogP contribution in [0.5, 0.6) is 5.75 Å². The maximum atomic E-state index is 14.1. The van der Waals surface area contributed by atoms with Crippen molar-refractivity contribution in [3.63, 3.8) is 0 Å². The number of aromatic hydroxyl groups is 1. The number of ether oxygens (including phenoxy) is 3. The maximum absolute atomic E-state index is 14.1. The molecule has 380 valence electrons. The number of esters is 1. The van der Waals surface area contributed by atoms with Crippen molar-refractivity contribution >= 4 is 64.3 Å². The van der Waals surface area contributed by atoms with E-state index in [2.05, 4.69) is 21.3 Å². The SMILES string of the molecule is CCc1c2c(nc3ccc(O)cc13)-c1cc3c(c(=O)n1C2)COC(=O)[C@@]3(CC)OC(=O)OCc1ccc(NC(=O)C(CCCNC(N)=O)NC(=O)C(NC(=O)CCCCCN2C(=O)C=CC2=O)C(C)C)cc1. The minimum Gasteiger partial charge on any atom is -0.508 e. The first-order chi connectivity index (χ1) is 34.4. The number of nitrogens with one attached hydrogen (secondary N) is 4. The Labute approximate surface area is 413 Å². The van der Waals surface area contributed by atoms with E-state index in [0.717, 1.165) is 21.4 Å². The second-order valence-electron chi connectivity index (χ2n) is 18.1. The number of carbonyl (C=O) groups excluding carboxylic acids is 8. The molecule has 2 aromatic carbocycles. The number of benzene rings is 2. The summed E-state index contributed by atoms with van der Waals surface area (Å²) < 4.78 is 18.3. The fourth-order valence-electron chi connectivity index (χ4n) is 9.15. The number of nitrogens with zero attached hydrogens (tertiary/aromatic N) is 3. The lowest BCUT2D eigenvalue weighted by atomic mass is 9.85. The Morgan fingerprint density at radius 1 is 0.903 bits per heavy atom. The number of primary amides is 1. The van der Waals surface area contributed by atoms with Crippen molar-refractivity contribution in [1.82, 2.24) is 30.4 Å². The van der Waals surface area contributed by atoms with Crippen molar-refractivity contribution in [3.8, 4) is 17.1 Å². The van der Waals surface area contributed by atoms with E-state index in [1.807, 2.05) is 6.92 Å². The van der Waals surface area contributed by atoms with Crippen LogP contribution in [0.2, 0.25) is 0 Å². The Kier molecular flexibility index (Phi) is 16.0. The second-order valence-corrected chi connectivity index (χ2v) is 18.1.